The zero-order valence-corrected chi connectivity index (χ0v) is 25.5. The summed E-state index contributed by atoms with van der Waals surface area (Å²) in [6, 6.07) is 10.1. The lowest BCUT2D eigenvalue weighted by Gasteiger charge is -2.40. The zero-order valence-electron chi connectivity index (χ0n) is 25.5. The summed E-state index contributed by atoms with van der Waals surface area (Å²) < 4.78 is 18.4. The maximum Gasteiger partial charge on any atom is 0.318 e. The fourth-order valence-corrected chi connectivity index (χ4v) is 8.42. The van der Waals surface area contributed by atoms with E-state index in [4.69, 9.17) is 20.4 Å². The lowest BCUT2D eigenvalue weighted by molar-refractivity contribution is 0.212. The van der Waals surface area contributed by atoms with Gasteiger partial charge in [-0.15, -0.1) is 0 Å². The standard InChI is InChI=1S/C25H35N5O.C8H14FN/c1-4-7-16-8-5-6-9-19(16)22-12-21-20(15-29(22)2)24(28-25(27-21)31-3)30-13-17-10-11-18(14-30)23(17)26;1-8-3-2-4-10(8)6-7(9)5-8/h5-6,8-9,17-18,22-23H,4,7,10-15,26H2,1-3H3;7H,2-6H2,1H3. The van der Waals surface area contributed by atoms with Crippen molar-refractivity contribution in [2.24, 2.45) is 17.6 Å². The fraction of sp³-hybridized carbons (Fsp3) is 0.697. The van der Waals surface area contributed by atoms with Crippen LogP contribution < -0.4 is 15.4 Å². The predicted octanol–water partition coefficient (Wildman–Crippen LogP) is 4.92. The Morgan fingerprint density at radius 1 is 1.12 bits per heavy atom. The second kappa shape index (κ2) is 11.8. The van der Waals surface area contributed by atoms with Gasteiger partial charge >= 0.3 is 6.01 Å². The summed E-state index contributed by atoms with van der Waals surface area (Å²) >= 11 is 0. The third-order valence-electron chi connectivity index (χ3n) is 10.7. The minimum Gasteiger partial charge on any atom is -0.467 e. The third-order valence-corrected chi connectivity index (χ3v) is 10.7. The summed E-state index contributed by atoms with van der Waals surface area (Å²) in [6.45, 7) is 9.11. The molecule has 2 bridgehead atoms. The van der Waals surface area contributed by atoms with E-state index in [1.165, 1.54) is 42.4 Å². The Morgan fingerprint density at radius 2 is 1.88 bits per heavy atom. The molecular weight excluding hydrogens is 515 g/mol. The van der Waals surface area contributed by atoms with Crippen molar-refractivity contribution >= 4 is 5.82 Å². The number of benzene rings is 1. The number of rotatable bonds is 5. The van der Waals surface area contributed by atoms with E-state index < -0.39 is 6.17 Å². The molecule has 0 amide bonds. The summed E-state index contributed by atoms with van der Waals surface area (Å²) in [5.41, 5.74) is 12.0. The molecular formula is C33H49FN6O. The smallest absolute Gasteiger partial charge is 0.318 e. The van der Waals surface area contributed by atoms with E-state index in [1.54, 1.807) is 7.11 Å². The average Bonchev–Trinajstić information content (AvgIpc) is 3.50. The highest BCUT2D eigenvalue weighted by atomic mass is 19.1. The van der Waals surface area contributed by atoms with Gasteiger partial charge in [0.05, 0.1) is 12.8 Å². The average molecular weight is 565 g/mol. The molecule has 2 N–H and O–H groups in total. The highest BCUT2D eigenvalue weighted by Crippen LogP contribution is 2.42. The normalized spacial score (nSPS) is 32.8. The van der Waals surface area contributed by atoms with Gasteiger partial charge in [0.15, 0.2) is 0 Å². The van der Waals surface area contributed by atoms with Crippen LogP contribution in [-0.2, 0) is 19.4 Å². The van der Waals surface area contributed by atoms with Crippen molar-refractivity contribution in [1.82, 2.24) is 19.8 Å². The lowest BCUT2D eigenvalue weighted by atomic mass is 9.89. The van der Waals surface area contributed by atoms with Crippen molar-refractivity contribution in [3.63, 3.8) is 0 Å². The maximum atomic E-state index is 12.8. The van der Waals surface area contributed by atoms with E-state index in [2.05, 4.69) is 59.9 Å². The third kappa shape index (κ3) is 5.59. The number of hydrogen-bond donors (Lipinski definition) is 1. The van der Waals surface area contributed by atoms with Crippen molar-refractivity contribution in [3.05, 3.63) is 46.6 Å². The first-order chi connectivity index (χ1) is 19.8. The molecule has 1 aromatic heterocycles. The van der Waals surface area contributed by atoms with Crippen LogP contribution in [0, 0.1) is 11.8 Å². The molecule has 224 valence electrons. The second-order valence-corrected chi connectivity index (χ2v) is 13.5. The van der Waals surface area contributed by atoms with Gasteiger partial charge in [-0.2, -0.15) is 9.97 Å². The second-order valence-electron chi connectivity index (χ2n) is 13.5. The number of aryl methyl sites for hydroxylation is 1. The molecule has 1 saturated carbocycles. The van der Waals surface area contributed by atoms with Crippen LogP contribution in [0.3, 0.4) is 0 Å². The van der Waals surface area contributed by atoms with Crippen LogP contribution in [-0.4, -0.2) is 77.9 Å². The molecule has 5 unspecified atom stereocenters. The van der Waals surface area contributed by atoms with Crippen LogP contribution in [0.4, 0.5) is 10.2 Å². The van der Waals surface area contributed by atoms with E-state index in [0.717, 1.165) is 63.4 Å². The summed E-state index contributed by atoms with van der Waals surface area (Å²) in [7, 11) is 3.91. The van der Waals surface area contributed by atoms with E-state index in [0.29, 0.717) is 36.5 Å². The lowest BCUT2D eigenvalue weighted by Crippen LogP contribution is -2.49. The first-order valence-corrected chi connectivity index (χ1v) is 15.9. The van der Waals surface area contributed by atoms with Gasteiger partial charge < -0.3 is 15.4 Å². The maximum absolute atomic E-state index is 12.8. The van der Waals surface area contributed by atoms with Gasteiger partial charge in [-0.25, -0.2) is 4.39 Å². The highest BCUT2D eigenvalue weighted by Gasteiger charge is 2.45. The van der Waals surface area contributed by atoms with E-state index in [1.807, 2.05) is 0 Å². The molecule has 0 radical (unpaired) electrons. The van der Waals surface area contributed by atoms with Crippen LogP contribution in [0.1, 0.15) is 80.8 Å². The number of aromatic nitrogens is 2. The van der Waals surface area contributed by atoms with Crippen molar-refractivity contribution in [1.29, 1.82) is 0 Å². The number of nitrogens with two attached hydrogens (primary N) is 1. The SMILES string of the molecule is CC12CCCN1CC(F)C2.CCCc1ccccc1C1Cc2nc(OC)nc(N3CC4CCC(C3)C4N)c2CN1C. The quantitative estimate of drug-likeness (QED) is 0.553. The Labute approximate surface area is 245 Å². The van der Waals surface area contributed by atoms with Crippen LogP contribution in [0.5, 0.6) is 6.01 Å². The number of nitrogens with zero attached hydrogens (tertiary/aromatic N) is 5. The molecule has 41 heavy (non-hydrogen) atoms. The molecule has 1 aromatic carbocycles. The first kappa shape index (κ1) is 28.8. The summed E-state index contributed by atoms with van der Waals surface area (Å²) in [4.78, 5) is 16.9. The monoisotopic (exact) mass is 564 g/mol. The highest BCUT2D eigenvalue weighted by molar-refractivity contribution is 5.53. The van der Waals surface area contributed by atoms with Crippen molar-refractivity contribution in [2.45, 2.75) is 95.6 Å². The van der Waals surface area contributed by atoms with Gasteiger partial charge in [0.1, 0.15) is 12.0 Å². The molecule has 8 heteroatoms. The first-order valence-electron chi connectivity index (χ1n) is 15.9. The summed E-state index contributed by atoms with van der Waals surface area (Å²) in [6.07, 6.45) is 8.32. The number of hydrogen-bond acceptors (Lipinski definition) is 7. The molecule has 1 aliphatic carbocycles. The van der Waals surface area contributed by atoms with Crippen molar-refractivity contribution < 1.29 is 9.13 Å². The van der Waals surface area contributed by atoms with Crippen LogP contribution in [0.2, 0.25) is 0 Å². The Morgan fingerprint density at radius 3 is 2.59 bits per heavy atom. The number of methoxy groups -OCH3 is 1. The molecule has 7 rings (SSSR count). The van der Waals surface area contributed by atoms with Crippen LogP contribution in [0.25, 0.3) is 0 Å². The number of piperidine rings is 1. The molecule has 5 heterocycles. The molecule has 5 atom stereocenters. The molecule has 3 saturated heterocycles. The topological polar surface area (TPSA) is 70.8 Å². The van der Waals surface area contributed by atoms with Crippen LogP contribution >= 0.6 is 0 Å². The van der Waals surface area contributed by atoms with Gasteiger partial charge in [0.2, 0.25) is 0 Å². The number of alkyl halides is 1. The summed E-state index contributed by atoms with van der Waals surface area (Å²) in [5, 5.41) is 0. The Kier molecular flexibility index (Phi) is 8.27. The fourth-order valence-electron chi connectivity index (χ4n) is 8.42. The minimum absolute atomic E-state index is 0.236. The van der Waals surface area contributed by atoms with Gasteiger partial charge in [-0.1, -0.05) is 37.6 Å². The van der Waals surface area contributed by atoms with E-state index >= 15 is 0 Å². The van der Waals surface area contributed by atoms with Gasteiger partial charge in [-0.3, -0.25) is 9.80 Å². The predicted molar refractivity (Wildman–Crippen MR) is 162 cm³/mol. The number of ether oxygens (including phenoxy) is 1. The molecule has 4 fully saturated rings. The van der Waals surface area contributed by atoms with Gasteiger partial charge in [0, 0.05) is 55.8 Å². The Hall–Kier alpha value is -2.29. The van der Waals surface area contributed by atoms with Gasteiger partial charge in [-0.05, 0) is 82.0 Å². The number of anilines is 1. The minimum atomic E-state index is -0.551. The number of likely N-dealkylation sites (N-methyl/N-ethyl adjacent to an activating group) is 1. The van der Waals surface area contributed by atoms with Crippen LogP contribution in [0.15, 0.2) is 24.3 Å². The van der Waals surface area contributed by atoms with Crippen molar-refractivity contribution in [2.75, 3.05) is 45.2 Å². The van der Waals surface area contributed by atoms with Crippen molar-refractivity contribution in [3.8, 4) is 6.01 Å². The molecule has 7 nitrogen and oxygen atoms in total. The molecule has 2 aromatic rings. The van der Waals surface area contributed by atoms with E-state index in [9.17, 15) is 4.39 Å². The van der Waals surface area contributed by atoms with E-state index in [-0.39, 0.29) is 5.54 Å². The largest absolute Gasteiger partial charge is 0.467 e. The molecule has 4 aliphatic heterocycles. The number of fused-ring (bicyclic) bond motifs is 4. The Bertz CT molecular complexity index is 1210. The van der Waals surface area contributed by atoms with Gasteiger partial charge in [0.25, 0.3) is 0 Å². The summed E-state index contributed by atoms with van der Waals surface area (Å²) in [5.74, 6) is 2.22. The Balaban J connectivity index is 0.000000253. The zero-order chi connectivity index (χ0) is 28.7. The molecule has 5 aliphatic rings. The molecule has 0 spiro atoms. The number of halogens is 1.